The van der Waals surface area contributed by atoms with E-state index in [4.69, 9.17) is 11.6 Å². The molecule has 1 atom stereocenters. The largest absolute Gasteiger partial charge is 0.394 e. The highest BCUT2D eigenvalue weighted by molar-refractivity contribution is 6.30. The summed E-state index contributed by atoms with van der Waals surface area (Å²) in [6, 6.07) is 4.94. The quantitative estimate of drug-likeness (QED) is 0.611. The summed E-state index contributed by atoms with van der Waals surface area (Å²) in [5.74, 6) is 0.0666. The van der Waals surface area contributed by atoms with E-state index in [1.165, 1.54) is 24.5 Å². The molecule has 0 bridgehead atoms. The Balaban J connectivity index is 1.45. The lowest BCUT2D eigenvalue weighted by atomic mass is 10.1. The molecule has 4 rings (SSSR count). The van der Waals surface area contributed by atoms with Crippen LogP contribution in [-0.2, 0) is 19.4 Å². The number of carbonyl (C=O) groups is 1. The predicted molar refractivity (Wildman–Crippen MR) is 115 cm³/mol. The molecule has 2 aromatic heterocycles. The number of aromatic nitrogens is 4. The Kier molecular flexibility index (Phi) is 6.57. The summed E-state index contributed by atoms with van der Waals surface area (Å²) in [7, 11) is 0. The molecule has 1 aliphatic rings. The number of halogens is 2. The van der Waals surface area contributed by atoms with Gasteiger partial charge >= 0.3 is 6.03 Å². The number of nitrogens with zero attached hydrogens (tertiary/aromatic N) is 5. The number of carbonyl (C=O) groups excluding carboxylic acids is 1. The van der Waals surface area contributed by atoms with Crippen molar-refractivity contribution >= 4 is 17.6 Å². The lowest BCUT2D eigenvalue weighted by Crippen LogP contribution is -2.45. The van der Waals surface area contributed by atoms with Crippen molar-refractivity contribution in [1.29, 1.82) is 0 Å². The predicted octanol–water partition coefficient (Wildman–Crippen LogP) is 2.76. The number of hydrogen-bond acceptors (Lipinski definition) is 6. The molecule has 0 saturated carbocycles. The van der Waals surface area contributed by atoms with Crippen molar-refractivity contribution in [1.82, 2.24) is 30.2 Å². The number of aryl methyl sites for hydroxylation is 1. The van der Waals surface area contributed by atoms with Gasteiger partial charge in [0.25, 0.3) is 0 Å². The summed E-state index contributed by atoms with van der Waals surface area (Å²) in [6.45, 7) is 2.37. The van der Waals surface area contributed by atoms with Crippen LogP contribution in [0.5, 0.6) is 0 Å². The Morgan fingerprint density at radius 3 is 2.91 bits per heavy atom. The van der Waals surface area contributed by atoms with E-state index in [9.17, 15) is 14.3 Å². The van der Waals surface area contributed by atoms with E-state index in [0.29, 0.717) is 37.3 Å². The Labute approximate surface area is 189 Å². The molecule has 1 aliphatic heterocycles. The van der Waals surface area contributed by atoms with Crippen molar-refractivity contribution in [3.63, 3.8) is 0 Å². The fourth-order valence-electron chi connectivity index (χ4n) is 3.58. The second kappa shape index (κ2) is 9.54. The normalized spacial score (nSPS) is 14.1. The summed E-state index contributed by atoms with van der Waals surface area (Å²) in [5, 5.41) is 12.5. The molecule has 0 unspecified atom stereocenters. The van der Waals surface area contributed by atoms with Gasteiger partial charge in [-0.15, -0.1) is 0 Å². The van der Waals surface area contributed by atoms with E-state index < -0.39 is 11.9 Å². The van der Waals surface area contributed by atoms with Crippen LogP contribution in [0.1, 0.15) is 40.1 Å². The first kappa shape index (κ1) is 22.0. The second-order valence-electron chi connectivity index (χ2n) is 7.62. The van der Waals surface area contributed by atoms with Gasteiger partial charge in [-0.1, -0.05) is 17.7 Å². The average Bonchev–Trinajstić information content (AvgIpc) is 2.78. The fraction of sp³-hybridized carbons (Fsp3) is 0.318. The number of nitrogens with one attached hydrogen (secondary N) is 1. The molecular weight excluding hydrogens is 435 g/mol. The van der Waals surface area contributed by atoms with Gasteiger partial charge in [0.1, 0.15) is 18.0 Å². The van der Waals surface area contributed by atoms with Crippen LogP contribution in [0.15, 0.2) is 36.8 Å². The summed E-state index contributed by atoms with van der Waals surface area (Å²) >= 11 is 5.84. The smallest absolute Gasteiger partial charge is 0.318 e. The average molecular weight is 457 g/mol. The molecule has 0 radical (unpaired) electrons. The first-order valence-electron chi connectivity index (χ1n) is 10.2. The molecule has 3 aromatic rings. The maximum absolute atomic E-state index is 13.4. The van der Waals surface area contributed by atoms with Crippen LogP contribution in [0.4, 0.5) is 9.18 Å². The van der Waals surface area contributed by atoms with Crippen LogP contribution in [0.3, 0.4) is 0 Å². The van der Waals surface area contributed by atoms with Crippen LogP contribution < -0.4 is 5.32 Å². The number of benzene rings is 1. The highest BCUT2D eigenvalue weighted by Gasteiger charge is 2.25. The molecule has 0 aliphatic carbocycles. The molecule has 32 heavy (non-hydrogen) atoms. The topological polar surface area (TPSA) is 104 Å². The minimum atomic E-state index is -0.705. The minimum Gasteiger partial charge on any atom is -0.394 e. The molecule has 1 aromatic carbocycles. The van der Waals surface area contributed by atoms with Crippen molar-refractivity contribution in [2.45, 2.75) is 32.4 Å². The summed E-state index contributed by atoms with van der Waals surface area (Å²) < 4.78 is 13.4. The molecule has 10 heteroatoms. The first-order valence-corrected chi connectivity index (χ1v) is 10.5. The minimum absolute atomic E-state index is 0.0646. The van der Waals surface area contributed by atoms with Gasteiger partial charge in [0, 0.05) is 18.4 Å². The second-order valence-corrected chi connectivity index (χ2v) is 8.02. The van der Waals surface area contributed by atoms with Crippen molar-refractivity contribution in [3.05, 3.63) is 81.7 Å². The van der Waals surface area contributed by atoms with Gasteiger partial charge in [0.05, 0.1) is 42.0 Å². The zero-order valence-corrected chi connectivity index (χ0v) is 18.2. The number of aliphatic hydroxyl groups is 1. The van der Waals surface area contributed by atoms with Gasteiger partial charge in [-0.05, 0) is 42.7 Å². The zero-order valence-electron chi connectivity index (χ0n) is 17.4. The number of fused-ring (bicyclic) bond motifs is 1. The Morgan fingerprint density at radius 1 is 1.31 bits per heavy atom. The van der Waals surface area contributed by atoms with Crippen molar-refractivity contribution in [2.75, 3.05) is 13.2 Å². The van der Waals surface area contributed by atoms with E-state index >= 15 is 0 Å². The summed E-state index contributed by atoms with van der Waals surface area (Å²) in [4.78, 5) is 31.9. The van der Waals surface area contributed by atoms with Gasteiger partial charge < -0.3 is 15.3 Å². The van der Waals surface area contributed by atoms with Gasteiger partial charge in [0.15, 0.2) is 0 Å². The Hall–Kier alpha value is -3.17. The maximum atomic E-state index is 13.4. The number of rotatable bonds is 5. The van der Waals surface area contributed by atoms with Gasteiger partial charge in [-0.25, -0.2) is 29.1 Å². The Bertz CT molecular complexity index is 1150. The molecular formula is C22H22ClFN6O2. The molecule has 0 spiro atoms. The first-order chi connectivity index (χ1) is 15.4. The Morgan fingerprint density at radius 2 is 2.16 bits per heavy atom. The van der Waals surface area contributed by atoms with Crippen molar-refractivity contribution < 1.29 is 14.3 Å². The lowest BCUT2D eigenvalue weighted by Gasteiger charge is -2.30. The maximum Gasteiger partial charge on any atom is 0.318 e. The molecule has 2 amide bonds. The number of amides is 2. The van der Waals surface area contributed by atoms with E-state index in [1.807, 2.05) is 13.0 Å². The highest BCUT2D eigenvalue weighted by Crippen LogP contribution is 2.22. The van der Waals surface area contributed by atoms with E-state index in [1.54, 1.807) is 11.1 Å². The third-order valence-corrected chi connectivity index (χ3v) is 5.60. The van der Waals surface area contributed by atoms with Crippen LogP contribution in [0.2, 0.25) is 5.02 Å². The number of urea groups is 1. The molecule has 166 valence electrons. The van der Waals surface area contributed by atoms with E-state index in [-0.39, 0.29) is 17.7 Å². The van der Waals surface area contributed by atoms with Gasteiger partial charge in [-0.3, -0.25) is 0 Å². The SMILES string of the molecule is Cc1cc(Cc2ncc3c(n2)CN(C(=O)N[C@H](CO)c2ccc(F)c(Cl)c2)CC3)ncn1. The van der Waals surface area contributed by atoms with E-state index in [0.717, 1.165) is 22.6 Å². The summed E-state index contributed by atoms with van der Waals surface area (Å²) in [5.41, 5.74) is 4.01. The molecule has 3 heterocycles. The van der Waals surface area contributed by atoms with Gasteiger partial charge in [0.2, 0.25) is 0 Å². The monoisotopic (exact) mass is 456 g/mol. The van der Waals surface area contributed by atoms with Crippen molar-refractivity contribution in [2.24, 2.45) is 0 Å². The molecule has 0 fully saturated rings. The third kappa shape index (κ3) is 5.00. The third-order valence-electron chi connectivity index (χ3n) is 5.31. The number of aliphatic hydroxyl groups excluding tert-OH is 1. The highest BCUT2D eigenvalue weighted by atomic mass is 35.5. The zero-order chi connectivity index (χ0) is 22.7. The molecule has 0 saturated heterocycles. The van der Waals surface area contributed by atoms with Gasteiger partial charge in [-0.2, -0.15) is 0 Å². The van der Waals surface area contributed by atoms with Crippen molar-refractivity contribution in [3.8, 4) is 0 Å². The summed E-state index contributed by atoms with van der Waals surface area (Å²) in [6.07, 6.45) is 4.42. The molecule has 2 N–H and O–H groups in total. The van der Waals surface area contributed by atoms with Crippen LogP contribution in [-0.4, -0.2) is 49.1 Å². The standard InChI is InChI=1S/C22H22ClFN6O2/c1-13-6-16(27-12-26-13)8-21-25-9-15-4-5-30(10-19(15)28-21)22(32)29-20(11-31)14-2-3-18(24)17(23)7-14/h2-3,6-7,9,12,20,31H,4-5,8,10-11H2,1H3,(H,29,32)/t20-/m1/s1. The van der Waals surface area contributed by atoms with E-state index in [2.05, 4.69) is 25.3 Å². The van der Waals surface area contributed by atoms with Crippen LogP contribution in [0, 0.1) is 12.7 Å². The lowest BCUT2D eigenvalue weighted by molar-refractivity contribution is 0.176. The van der Waals surface area contributed by atoms with Crippen LogP contribution in [0.25, 0.3) is 0 Å². The molecule has 8 nitrogen and oxygen atoms in total. The fourth-order valence-corrected chi connectivity index (χ4v) is 3.76. The van der Waals surface area contributed by atoms with Crippen LogP contribution >= 0.6 is 11.6 Å². The number of hydrogen-bond donors (Lipinski definition) is 2.